The van der Waals surface area contributed by atoms with Crippen LogP contribution >= 0.6 is 11.6 Å². The molecule has 3 aromatic carbocycles. The van der Waals surface area contributed by atoms with Gasteiger partial charge in [-0.3, -0.25) is 5.43 Å². The fraction of sp³-hybridized carbons (Fsp3) is 0.0500. The van der Waals surface area contributed by atoms with Gasteiger partial charge < -0.3 is 4.74 Å². The smallest absolute Gasteiger partial charge is 0.131 e. The van der Waals surface area contributed by atoms with Crippen LogP contribution in [-0.4, -0.2) is 6.21 Å². The van der Waals surface area contributed by atoms with Gasteiger partial charge in [-0.25, -0.2) is 4.39 Å². The highest BCUT2D eigenvalue weighted by atomic mass is 35.5. The molecular formula is C20H16ClFN2O. The minimum Gasteiger partial charge on any atom is -0.489 e. The molecule has 0 aliphatic heterocycles. The molecule has 0 aromatic heterocycles. The van der Waals surface area contributed by atoms with Crippen LogP contribution in [0.25, 0.3) is 0 Å². The number of hydrogen-bond acceptors (Lipinski definition) is 3. The number of para-hydroxylation sites is 1. The Bertz CT molecular complexity index is 848. The zero-order valence-electron chi connectivity index (χ0n) is 13.3. The molecule has 0 saturated carbocycles. The molecule has 0 unspecified atom stereocenters. The van der Waals surface area contributed by atoms with Crippen LogP contribution < -0.4 is 10.2 Å². The Labute approximate surface area is 150 Å². The molecule has 0 aliphatic rings. The number of rotatable bonds is 6. The van der Waals surface area contributed by atoms with Gasteiger partial charge in [-0.15, -0.1) is 0 Å². The number of benzene rings is 3. The lowest BCUT2D eigenvalue weighted by atomic mass is 10.2. The van der Waals surface area contributed by atoms with Crippen LogP contribution in [0.4, 0.5) is 10.1 Å². The quantitative estimate of drug-likeness (QED) is 0.468. The maximum Gasteiger partial charge on any atom is 0.131 e. The number of hydrogen-bond donors (Lipinski definition) is 1. The van der Waals surface area contributed by atoms with Gasteiger partial charge in [-0.1, -0.05) is 48.0 Å². The summed E-state index contributed by atoms with van der Waals surface area (Å²) < 4.78 is 19.4. The van der Waals surface area contributed by atoms with Crippen LogP contribution in [0.2, 0.25) is 5.02 Å². The van der Waals surface area contributed by atoms with Crippen molar-refractivity contribution in [3.05, 3.63) is 94.8 Å². The minimum absolute atomic E-state index is 0.0639. The average Bonchev–Trinajstić information content (AvgIpc) is 2.63. The van der Waals surface area contributed by atoms with E-state index in [4.69, 9.17) is 16.3 Å². The van der Waals surface area contributed by atoms with Crippen LogP contribution in [0, 0.1) is 5.82 Å². The van der Waals surface area contributed by atoms with Crippen molar-refractivity contribution in [1.29, 1.82) is 0 Å². The molecule has 0 atom stereocenters. The fourth-order valence-corrected chi connectivity index (χ4v) is 2.42. The lowest BCUT2D eigenvalue weighted by Gasteiger charge is -2.09. The predicted octanol–water partition coefficient (Wildman–Crippen LogP) is 5.50. The topological polar surface area (TPSA) is 33.6 Å². The monoisotopic (exact) mass is 354 g/mol. The molecule has 3 aromatic rings. The van der Waals surface area contributed by atoms with Gasteiger partial charge in [-0.2, -0.15) is 5.10 Å². The number of nitrogens with one attached hydrogen (secondary N) is 1. The predicted molar refractivity (Wildman–Crippen MR) is 99.8 cm³/mol. The van der Waals surface area contributed by atoms with Gasteiger partial charge >= 0.3 is 0 Å². The highest BCUT2D eigenvalue weighted by Crippen LogP contribution is 2.21. The Morgan fingerprint density at radius 2 is 1.80 bits per heavy atom. The van der Waals surface area contributed by atoms with Crippen molar-refractivity contribution in [2.24, 2.45) is 5.10 Å². The van der Waals surface area contributed by atoms with Gasteiger partial charge in [0.05, 0.1) is 16.9 Å². The summed E-state index contributed by atoms with van der Waals surface area (Å²) in [4.78, 5) is 0. The van der Waals surface area contributed by atoms with Gasteiger partial charge in [0.1, 0.15) is 18.2 Å². The van der Waals surface area contributed by atoms with Crippen molar-refractivity contribution in [3.8, 4) is 5.75 Å². The first-order chi connectivity index (χ1) is 12.2. The first kappa shape index (κ1) is 17.0. The summed E-state index contributed by atoms with van der Waals surface area (Å²) in [6.45, 7) is 0.0639. The summed E-state index contributed by atoms with van der Waals surface area (Å²) in [6, 6.07) is 21.6. The van der Waals surface area contributed by atoms with Gasteiger partial charge in [-0.05, 0) is 42.0 Å². The van der Waals surface area contributed by atoms with Gasteiger partial charge in [0.2, 0.25) is 0 Å². The summed E-state index contributed by atoms with van der Waals surface area (Å²) in [5, 5.41) is 4.54. The van der Waals surface area contributed by atoms with E-state index in [2.05, 4.69) is 10.5 Å². The Hall–Kier alpha value is -2.85. The Morgan fingerprint density at radius 1 is 1.00 bits per heavy atom. The number of ether oxygens (including phenoxy) is 1. The lowest BCUT2D eigenvalue weighted by Crippen LogP contribution is -2.00. The lowest BCUT2D eigenvalue weighted by molar-refractivity contribution is 0.300. The molecule has 3 rings (SSSR count). The molecule has 5 heteroatoms. The zero-order chi connectivity index (χ0) is 17.5. The Kier molecular flexibility index (Phi) is 5.65. The standard InChI is InChI=1S/C20H16ClFN2O/c21-19-10-5-11-20(22)18(19)14-25-17-9-4-6-15(12-17)13-23-24-16-7-2-1-3-8-16/h1-13,24H,14H2. The molecule has 0 spiro atoms. The van der Waals surface area contributed by atoms with Crippen LogP contribution in [0.3, 0.4) is 0 Å². The van der Waals surface area contributed by atoms with Gasteiger partial charge in [0.15, 0.2) is 0 Å². The van der Waals surface area contributed by atoms with E-state index in [9.17, 15) is 4.39 Å². The molecule has 0 heterocycles. The number of anilines is 1. The van der Waals surface area contributed by atoms with Crippen molar-refractivity contribution >= 4 is 23.5 Å². The summed E-state index contributed by atoms with van der Waals surface area (Å²) >= 11 is 6.00. The van der Waals surface area contributed by atoms with Crippen molar-refractivity contribution in [2.75, 3.05) is 5.43 Å². The maximum atomic E-state index is 13.8. The van der Waals surface area contributed by atoms with Crippen LogP contribution in [-0.2, 0) is 6.61 Å². The molecule has 0 amide bonds. The van der Waals surface area contributed by atoms with Crippen LogP contribution in [0.1, 0.15) is 11.1 Å². The summed E-state index contributed by atoms with van der Waals surface area (Å²) in [6.07, 6.45) is 1.69. The number of hydrazone groups is 1. The van der Waals surface area contributed by atoms with Crippen molar-refractivity contribution in [1.82, 2.24) is 0 Å². The van der Waals surface area contributed by atoms with Crippen molar-refractivity contribution in [3.63, 3.8) is 0 Å². The molecule has 126 valence electrons. The van der Waals surface area contributed by atoms with E-state index < -0.39 is 0 Å². The number of halogens is 2. The largest absolute Gasteiger partial charge is 0.489 e. The normalized spacial score (nSPS) is 10.8. The minimum atomic E-state index is -0.378. The fourth-order valence-electron chi connectivity index (χ4n) is 2.20. The molecule has 0 radical (unpaired) electrons. The molecule has 1 N–H and O–H groups in total. The van der Waals surface area contributed by atoms with Gasteiger partial charge in [0, 0.05) is 5.56 Å². The third-order valence-corrected chi connectivity index (χ3v) is 3.84. The molecule has 3 nitrogen and oxygen atoms in total. The zero-order valence-corrected chi connectivity index (χ0v) is 14.1. The second-order valence-corrected chi connectivity index (χ2v) is 5.70. The molecule has 0 aliphatic carbocycles. The first-order valence-corrected chi connectivity index (χ1v) is 8.10. The Morgan fingerprint density at radius 3 is 2.60 bits per heavy atom. The van der Waals surface area contributed by atoms with Crippen LogP contribution in [0.15, 0.2) is 77.9 Å². The molecule has 0 saturated heterocycles. The van der Waals surface area contributed by atoms with Crippen molar-refractivity contribution in [2.45, 2.75) is 6.61 Å². The van der Waals surface area contributed by atoms with Gasteiger partial charge in [0.25, 0.3) is 0 Å². The SMILES string of the molecule is Fc1cccc(Cl)c1COc1cccc(C=NNc2ccccc2)c1. The second kappa shape index (κ2) is 8.31. The summed E-state index contributed by atoms with van der Waals surface area (Å²) in [7, 11) is 0. The molecule has 0 bridgehead atoms. The summed E-state index contributed by atoms with van der Waals surface area (Å²) in [5.41, 5.74) is 5.05. The van der Waals surface area contributed by atoms with E-state index in [1.54, 1.807) is 24.4 Å². The highest BCUT2D eigenvalue weighted by molar-refractivity contribution is 6.31. The average molecular weight is 355 g/mol. The molecule has 25 heavy (non-hydrogen) atoms. The Balaban J connectivity index is 1.63. The van der Waals surface area contributed by atoms with E-state index in [1.165, 1.54) is 6.07 Å². The maximum absolute atomic E-state index is 13.8. The van der Waals surface area contributed by atoms with E-state index in [1.807, 2.05) is 48.5 Å². The third-order valence-electron chi connectivity index (χ3n) is 3.48. The third kappa shape index (κ3) is 4.81. The summed E-state index contributed by atoms with van der Waals surface area (Å²) in [5.74, 6) is 0.236. The van der Waals surface area contributed by atoms with E-state index >= 15 is 0 Å². The molecular weight excluding hydrogens is 339 g/mol. The van der Waals surface area contributed by atoms with Crippen LogP contribution in [0.5, 0.6) is 5.75 Å². The van der Waals surface area contributed by atoms with E-state index in [0.717, 1.165) is 11.3 Å². The van der Waals surface area contributed by atoms with Crippen molar-refractivity contribution < 1.29 is 9.13 Å². The second-order valence-electron chi connectivity index (χ2n) is 5.30. The first-order valence-electron chi connectivity index (χ1n) is 7.72. The highest BCUT2D eigenvalue weighted by Gasteiger charge is 2.07. The van der Waals surface area contributed by atoms with E-state index in [-0.39, 0.29) is 12.4 Å². The number of nitrogens with zero attached hydrogens (tertiary/aromatic N) is 1. The van der Waals surface area contributed by atoms with E-state index in [0.29, 0.717) is 16.3 Å². The molecule has 0 fully saturated rings.